The van der Waals surface area contributed by atoms with Gasteiger partial charge in [-0.1, -0.05) is 25.7 Å². The van der Waals surface area contributed by atoms with E-state index >= 15 is 0 Å². The van der Waals surface area contributed by atoms with Crippen LogP contribution in [0.5, 0.6) is 0 Å². The fourth-order valence-corrected chi connectivity index (χ4v) is 2.31. The fraction of sp³-hybridized carbons (Fsp3) is 0.846. The minimum Gasteiger partial charge on any atom is -0.316 e. The molecule has 1 nitrogen and oxygen atoms in total. The SMILES string of the molecule is CC#CCC(CCC1CCCC1)NC. The summed E-state index contributed by atoms with van der Waals surface area (Å²) in [5.74, 6) is 7.15. The molecular weight excluding hydrogens is 170 g/mol. The Hall–Kier alpha value is -0.480. The Morgan fingerprint density at radius 3 is 2.64 bits per heavy atom. The van der Waals surface area contributed by atoms with Crippen molar-refractivity contribution in [3.8, 4) is 11.8 Å². The van der Waals surface area contributed by atoms with Gasteiger partial charge in [-0.05, 0) is 32.7 Å². The highest BCUT2D eigenvalue weighted by molar-refractivity contribution is 4.98. The Labute approximate surface area is 88.7 Å². The van der Waals surface area contributed by atoms with E-state index in [1.165, 1.54) is 38.5 Å². The molecule has 0 radical (unpaired) electrons. The molecule has 0 aromatic rings. The summed E-state index contributed by atoms with van der Waals surface area (Å²) >= 11 is 0. The lowest BCUT2D eigenvalue weighted by Gasteiger charge is -2.15. The van der Waals surface area contributed by atoms with Crippen LogP contribution in [0, 0.1) is 17.8 Å². The van der Waals surface area contributed by atoms with Gasteiger partial charge >= 0.3 is 0 Å². The second-order valence-corrected chi connectivity index (χ2v) is 4.34. The van der Waals surface area contributed by atoms with Crippen LogP contribution in [-0.4, -0.2) is 13.1 Å². The Morgan fingerprint density at radius 1 is 1.36 bits per heavy atom. The summed E-state index contributed by atoms with van der Waals surface area (Å²) in [5, 5.41) is 3.36. The third kappa shape index (κ3) is 4.15. The molecule has 0 aromatic carbocycles. The molecular formula is C13H23N. The van der Waals surface area contributed by atoms with Crippen molar-refractivity contribution in [2.45, 2.75) is 57.9 Å². The van der Waals surface area contributed by atoms with E-state index in [1.54, 1.807) is 0 Å². The smallest absolute Gasteiger partial charge is 0.0243 e. The maximum atomic E-state index is 3.36. The minimum atomic E-state index is 0.614. The molecule has 1 rings (SSSR count). The topological polar surface area (TPSA) is 12.0 Å². The van der Waals surface area contributed by atoms with Gasteiger partial charge in [0.1, 0.15) is 0 Å². The molecule has 1 aliphatic rings. The number of rotatable bonds is 5. The maximum Gasteiger partial charge on any atom is 0.0243 e. The van der Waals surface area contributed by atoms with Crippen molar-refractivity contribution in [1.82, 2.24) is 5.32 Å². The zero-order valence-corrected chi connectivity index (χ0v) is 9.60. The molecule has 0 amide bonds. The predicted octanol–water partition coefficient (Wildman–Crippen LogP) is 2.96. The molecule has 14 heavy (non-hydrogen) atoms. The molecule has 1 heteroatoms. The summed E-state index contributed by atoms with van der Waals surface area (Å²) in [6, 6.07) is 0.614. The standard InChI is InChI=1S/C13H23N/c1-3-4-9-13(14-2)11-10-12-7-5-6-8-12/h12-14H,5-11H2,1-2H3. The van der Waals surface area contributed by atoms with Gasteiger partial charge in [-0.3, -0.25) is 0 Å². The highest BCUT2D eigenvalue weighted by Crippen LogP contribution is 2.29. The van der Waals surface area contributed by atoms with Crippen molar-refractivity contribution in [3.63, 3.8) is 0 Å². The molecule has 1 unspecified atom stereocenters. The van der Waals surface area contributed by atoms with Gasteiger partial charge in [0.2, 0.25) is 0 Å². The lowest BCUT2D eigenvalue weighted by molar-refractivity contribution is 0.423. The van der Waals surface area contributed by atoms with Crippen LogP contribution in [0.25, 0.3) is 0 Å². The number of nitrogens with one attached hydrogen (secondary N) is 1. The molecule has 0 spiro atoms. The van der Waals surface area contributed by atoms with Crippen LogP contribution in [0.4, 0.5) is 0 Å². The Bertz CT molecular complexity index is 193. The lowest BCUT2D eigenvalue weighted by atomic mass is 9.97. The average Bonchev–Trinajstić information content (AvgIpc) is 2.71. The molecule has 80 valence electrons. The molecule has 0 aliphatic heterocycles. The minimum absolute atomic E-state index is 0.614. The van der Waals surface area contributed by atoms with Gasteiger partial charge in [-0.2, -0.15) is 0 Å². The van der Waals surface area contributed by atoms with Crippen molar-refractivity contribution in [2.75, 3.05) is 7.05 Å². The van der Waals surface area contributed by atoms with Crippen LogP contribution in [0.1, 0.15) is 51.9 Å². The Balaban J connectivity index is 2.14. The summed E-state index contributed by atoms with van der Waals surface area (Å²) < 4.78 is 0. The molecule has 0 heterocycles. The van der Waals surface area contributed by atoms with E-state index in [2.05, 4.69) is 24.2 Å². The Morgan fingerprint density at radius 2 is 2.07 bits per heavy atom. The predicted molar refractivity (Wildman–Crippen MR) is 62.1 cm³/mol. The van der Waals surface area contributed by atoms with E-state index in [0.29, 0.717) is 6.04 Å². The first-order valence-electron chi connectivity index (χ1n) is 5.93. The van der Waals surface area contributed by atoms with Crippen molar-refractivity contribution in [2.24, 2.45) is 5.92 Å². The van der Waals surface area contributed by atoms with E-state index in [0.717, 1.165) is 12.3 Å². The fourth-order valence-electron chi connectivity index (χ4n) is 2.31. The quantitative estimate of drug-likeness (QED) is 0.662. The van der Waals surface area contributed by atoms with E-state index in [9.17, 15) is 0 Å². The highest BCUT2D eigenvalue weighted by Gasteiger charge is 2.16. The summed E-state index contributed by atoms with van der Waals surface area (Å²) in [5.41, 5.74) is 0. The highest BCUT2D eigenvalue weighted by atomic mass is 14.9. The van der Waals surface area contributed by atoms with Crippen LogP contribution in [0.2, 0.25) is 0 Å². The van der Waals surface area contributed by atoms with Gasteiger partial charge in [0, 0.05) is 12.5 Å². The van der Waals surface area contributed by atoms with Gasteiger partial charge in [0.15, 0.2) is 0 Å². The van der Waals surface area contributed by atoms with E-state index < -0.39 is 0 Å². The van der Waals surface area contributed by atoms with Crippen molar-refractivity contribution >= 4 is 0 Å². The molecule has 1 N–H and O–H groups in total. The van der Waals surface area contributed by atoms with E-state index in [4.69, 9.17) is 0 Å². The molecule has 1 fully saturated rings. The largest absolute Gasteiger partial charge is 0.316 e. The summed E-state index contributed by atoms with van der Waals surface area (Å²) in [6.07, 6.45) is 9.57. The second kappa shape index (κ2) is 6.90. The second-order valence-electron chi connectivity index (χ2n) is 4.34. The molecule has 1 atom stereocenters. The van der Waals surface area contributed by atoms with Crippen LogP contribution >= 0.6 is 0 Å². The zero-order chi connectivity index (χ0) is 10.2. The molecule has 1 saturated carbocycles. The van der Waals surface area contributed by atoms with Crippen LogP contribution < -0.4 is 5.32 Å². The third-order valence-corrected chi connectivity index (χ3v) is 3.33. The summed E-state index contributed by atoms with van der Waals surface area (Å²) in [4.78, 5) is 0. The van der Waals surface area contributed by atoms with Crippen molar-refractivity contribution in [1.29, 1.82) is 0 Å². The van der Waals surface area contributed by atoms with Crippen LogP contribution in [0.15, 0.2) is 0 Å². The third-order valence-electron chi connectivity index (χ3n) is 3.33. The molecule has 0 bridgehead atoms. The molecule has 1 aliphatic carbocycles. The van der Waals surface area contributed by atoms with Crippen LogP contribution in [0.3, 0.4) is 0 Å². The van der Waals surface area contributed by atoms with E-state index in [-0.39, 0.29) is 0 Å². The number of hydrogen-bond donors (Lipinski definition) is 1. The van der Waals surface area contributed by atoms with Crippen LogP contribution in [-0.2, 0) is 0 Å². The first-order valence-corrected chi connectivity index (χ1v) is 5.93. The van der Waals surface area contributed by atoms with Gasteiger partial charge in [-0.15, -0.1) is 11.8 Å². The first kappa shape index (κ1) is 11.6. The Kier molecular flexibility index (Phi) is 5.71. The monoisotopic (exact) mass is 193 g/mol. The molecule has 0 saturated heterocycles. The summed E-state index contributed by atoms with van der Waals surface area (Å²) in [7, 11) is 2.05. The van der Waals surface area contributed by atoms with Gasteiger partial charge in [-0.25, -0.2) is 0 Å². The number of hydrogen-bond acceptors (Lipinski definition) is 1. The maximum absolute atomic E-state index is 3.36. The zero-order valence-electron chi connectivity index (χ0n) is 9.60. The average molecular weight is 193 g/mol. The van der Waals surface area contributed by atoms with Gasteiger partial charge in [0.25, 0.3) is 0 Å². The summed E-state index contributed by atoms with van der Waals surface area (Å²) in [6.45, 7) is 1.92. The normalized spacial score (nSPS) is 19.0. The van der Waals surface area contributed by atoms with Gasteiger partial charge < -0.3 is 5.32 Å². The van der Waals surface area contributed by atoms with Gasteiger partial charge in [0.05, 0.1) is 0 Å². The van der Waals surface area contributed by atoms with E-state index in [1.807, 2.05) is 6.92 Å². The van der Waals surface area contributed by atoms with Crippen molar-refractivity contribution in [3.05, 3.63) is 0 Å². The molecule has 0 aromatic heterocycles. The first-order chi connectivity index (χ1) is 6.86. The lowest BCUT2D eigenvalue weighted by Crippen LogP contribution is -2.25. The van der Waals surface area contributed by atoms with Crippen molar-refractivity contribution < 1.29 is 0 Å².